The Kier molecular flexibility index (Phi) is 4.40. The number of carboxylic acid groups (broad SMARTS) is 1. The number of hydrogen-bond donors (Lipinski definition) is 2. The fourth-order valence-electron chi connectivity index (χ4n) is 0.633. The van der Waals surface area contributed by atoms with Crippen molar-refractivity contribution in [2.45, 2.75) is 26.3 Å². The highest BCUT2D eigenvalue weighted by atomic mass is 16.5. The molecule has 0 rings (SSSR count). The van der Waals surface area contributed by atoms with Crippen LogP contribution in [0.15, 0.2) is 0 Å². The van der Waals surface area contributed by atoms with Gasteiger partial charge in [0.1, 0.15) is 12.1 Å². The van der Waals surface area contributed by atoms with Crippen molar-refractivity contribution in [3.63, 3.8) is 0 Å². The summed E-state index contributed by atoms with van der Waals surface area (Å²) in [5.41, 5.74) is -1.24. The summed E-state index contributed by atoms with van der Waals surface area (Å²) in [6.45, 7) is 4.92. The molecule has 0 aromatic heterocycles. The summed E-state index contributed by atoms with van der Waals surface area (Å²) in [6, 6.07) is 0. The first-order valence-corrected chi connectivity index (χ1v) is 4.02. The second kappa shape index (κ2) is 4.81. The molecule has 0 bridgehead atoms. The molecule has 0 saturated heterocycles. The molecule has 0 heterocycles. The molecule has 0 aromatic carbocycles. The fraction of sp³-hybridized carbons (Fsp3) is 0.750. The average Bonchev–Trinajstić information content (AvgIpc) is 1.99. The largest absolute Gasteiger partial charge is 0.480 e. The zero-order valence-corrected chi connectivity index (χ0v) is 8.09. The Hall–Kier alpha value is -1.10. The summed E-state index contributed by atoms with van der Waals surface area (Å²) in [7, 11) is 0. The second-order valence-corrected chi connectivity index (χ2v) is 3.12. The van der Waals surface area contributed by atoms with Crippen LogP contribution in [0.3, 0.4) is 0 Å². The van der Waals surface area contributed by atoms with Gasteiger partial charge in [-0.05, 0) is 20.8 Å². The first kappa shape index (κ1) is 11.9. The Labute approximate surface area is 77.1 Å². The molecule has 0 atom stereocenters. The van der Waals surface area contributed by atoms with Gasteiger partial charge < -0.3 is 15.2 Å². The van der Waals surface area contributed by atoms with Gasteiger partial charge in [-0.1, -0.05) is 0 Å². The molecule has 76 valence electrons. The predicted octanol–water partition coefficient (Wildman–Crippen LogP) is 0.00230. The molecule has 0 aliphatic carbocycles. The molecular formula is C8H15NO4. The first-order valence-electron chi connectivity index (χ1n) is 4.02. The quantitative estimate of drug-likeness (QED) is 0.638. The van der Waals surface area contributed by atoms with Gasteiger partial charge >= 0.3 is 5.97 Å². The lowest BCUT2D eigenvalue weighted by atomic mass is 10.1. The molecule has 13 heavy (non-hydrogen) atoms. The van der Waals surface area contributed by atoms with Crippen molar-refractivity contribution in [3.8, 4) is 0 Å². The first-order chi connectivity index (χ1) is 5.90. The Morgan fingerprint density at radius 1 is 1.46 bits per heavy atom. The maximum absolute atomic E-state index is 11.0. The molecule has 5 nitrogen and oxygen atoms in total. The summed E-state index contributed by atoms with van der Waals surface area (Å²) in [6.07, 6.45) is 0. The van der Waals surface area contributed by atoms with E-state index in [4.69, 9.17) is 9.84 Å². The third-order valence-corrected chi connectivity index (χ3v) is 1.42. The maximum atomic E-state index is 11.0. The number of ether oxygens (including phenoxy) is 1. The highest BCUT2D eigenvalue weighted by Gasteiger charge is 2.28. The van der Waals surface area contributed by atoms with Gasteiger partial charge in [-0.2, -0.15) is 0 Å². The number of hydrogen-bond acceptors (Lipinski definition) is 3. The molecule has 0 radical (unpaired) electrons. The van der Waals surface area contributed by atoms with E-state index in [1.165, 1.54) is 13.8 Å². The SMILES string of the molecule is CCOCC(=O)NC(C)(C)C(=O)O. The van der Waals surface area contributed by atoms with Crippen LogP contribution >= 0.6 is 0 Å². The van der Waals surface area contributed by atoms with E-state index >= 15 is 0 Å². The third-order valence-electron chi connectivity index (χ3n) is 1.42. The van der Waals surface area contributed by atoms with Crippen molar-refractivity contribution in [2.75, 3.05) is 13.2 Å². The second-order valence-electron chi connectivity index (χ2n) is 3.12. The minimum atomic E-state index is -1.24. The van der Waals surface area contributed by atoms with E-state index in [1.54, 1.807) is 6.92 Å². The summed E-state index contributed by atoms with van der Waals surface area (Å²) in [5.74, 6) is -1.49. The zero-order valence-electron chi connectivity index (χ0n) is 8.09. The lowest BCUT2D eigenvalue weighted by Crippen LogP contribution is -2.50. The van der Waals surface area contributed by atoms with Gasteiger partial charge in [0.15, 0.2) is 0 Å². The zero-order chi connectivity index (χ0) is 10.5. The standard InChI is InChI=1S/C8H15NO4/c1-4-13-5-6(10)9-8(2,3)7(11)12/h4-5H2,1-3H3,(H,9,10)(H,11,12). The Balaban J connectivity index is 3.97. The smallest absolute Gasteiger partial charge is 0.328 e. The van der Waals surface area contributed by atoms with Crippen LogP contribution in [0, 0.1) is 0 Å². The monoisotopic (exact) mass is 189 g/mol. The highest BCUT2D eigenvalue weighted by Crippen LogP contribution is 2.00. The number of amides is 1. The van der Waals surface area contributed by atoms with Crippen LogP contribution in [0.25, 0.3) is 0 Å². The minimum Gasteiger partial charge on any atom is -0.480 e. The molecule has 0 saturated carbocycles. The maximum Gasteiger partial charge on any atom is 0.328 e. The topological polar surface area (TPSA) is 75.6 Å². The van der Waals surface area contributed by atoms with E-state index in [0.717, 1.165) is 0 Å². The molecule has 0 unspecified atom stereocenters. The fourth-order valence-corrected chi connectivity index (χ4v) is 0.633. The van der Waals surface area contributed by atoms with Crippen molar-refractivity contribution in [3.05, 3.63) is 0 Å². The number of aliphatic carboxylic acids is 1. The molecule has 0 aliphatic heterocycles. The lowest BCUT2D eigenvalue weighted by Gasteiger charge is -2.20. The lowest BCUT2D eigenvalue weighted by molar-refractivity contribution is -0.146. The van der Waals surface area contributed by atoms with Crippen LogP contribution in [0.1, 0.15) is 20.8 Å². The molecule has 0 spiro atoms. The van der Waals surface area contributed by atoms with Crippen LogP contribution in [-0.2, 0) is 14.3 Å². The number of carbonyl (C=O) groups is 2. The average molecular weight is 189 g/mol. The van der Waals surface area contributed by atoms with Crippen LogP contribution < -0.4 is 5.32 Å². The Morgan fingerprint density at radius 3 is 2.38 bits per heavy atom. The molecular weight excluding hydrogens is 174 g/mol. The van der Waals surface area contributed by atoms with Crippen molar-refractivity contribution in [1.29, 1.82) is 0 Å². The Bertz CT molecular complexity index is 200. The van der Waals surface area contributed by atoms with E-state index < -0.39 is 17.4 Å². The van der Waals surface area contributed by atoms with E-state index in [-0.39, 0.29) is 6.61 Å². The van der Waals surface area contributed by atoms with Crippen LogP contribution in [-0.4, -0.2) is 35.7 Å². The van der Waals surface area contributed by atoms with Gasteiger partial charge in [-0.15, -0.1) is 0 Å². The number of nitrogens with one attached hydrogen (secondary N) is 1. The molecule has 1 amide bonds. The third kappa shape index (κ3) is 4.47. The summed E-state index contributed by atoms with van der Waals surface area (Å²) >= 11 is 0. The van der Waals surface area contributed by atoms with Gasteiger partial charge in [-0.25, -0.2) is 4.79 Å². The summed E-state index contributed by atoms with van der Waals surface area (Å²) in [4.78, 5) is 21.6. The van der Waals surface area contributed by atoms with Gasteiger partial charge in [-0.3, -0.25) is 4.79 Å². The van der Waals surface area contributed by atoms with Gasteiger partial charge in [0.2, 0.25) is 5.91 Å². The number of carbonyl (C=O) groups excluding carboxylic acids is 1. The summed E-state index contributed by atoms with van der Waals surface area (Å²) < 4.78 is 4.82. The molecule has 0 aliphatic rings. The number of rotatable bonds is 5. The minimum absolute atomic E-state index is 0.104. The van der Waals surface area contributed by atoms with Crippen LogP contribution in [0.4, 0.5) is 0 Å². The highest BCUT2D eigenvalue weighted by molar-refractivity contribution is 5.86. The van der Waals surface area contributed by atoms with Gasteiger partial charge in [0, 0.05) is 6.61 Å². The normalized spacial score (nSPS) is 11.0. The van der Waals surface area contributed by atoms with Gasteiger partial charge in [0.05, 0.1) is 0 Å². The summed E-state index contributed by atoms with van der Waals surface area (Å²) in [5, 5.41) is 11.0. The predicted molar refractivity (Wildman–Crippen MR) is 46.4 cm³/mol. The van der Waals surface area contributed by atoms with Crippen molar-refractivity contribution in [1.82, 2.24) is 5.32 Å². The van der Waals surface area contributed by atoms with Crippen molar-refractivity contribution < 1.29 is 19.4 Å². The van der Waals surface area contributed by atoms with E-state index in [1.807, 2.05) is 0 Å². The number of carboxylic acids is 1. The van der Waals surface area contributed by atoms with E-state index in [9.17, 15) is 9.59 Å². The Morgan fingerprint density at radius 2 is 2.00 bits per heavy atom. The molecule has 0 fully saturated rings. The van der Waals surface area contributed by atoms with E-state index in [2.05, 4.69) is 5.32 Å². The van der Waals surface area contributed by atoms with E-state index in [0.29, 0.717) is 6.61 Å². The van der Waals surface area contributed by atoms with Gasteiger partial charge in [0.25, 0.3) is 0 Å². The van der Waals surface area contributed by atoms with Crippen LogP contribution in [0.5, 0.6) is 0 Å². The van der Waals surface area contributed by atoms with Crippen molar-refractivity contribution in [2.24, 2.45) is 0 Å². The molecule has 0 aromatic rings. The van der Waals surface area contributed by atoms with Crippen molar-refractivity contribution >= 4 is 11.9 Å². The molecule has 2 N–H and O–H groups in total. The van der Waals surface area contributed by atoms with Crippen LogP contribution in [0.2, 0.25) is 0 Å². The molecule has 5 heteroatoms.